The van der Waals surface area contributed by atoms with Crippen LogP contribution < -0.4 is 4.90 Å². The third kappa shape index (κ3) is 4.45. The van der Waals surface area contributed by atoms with E-state index in [9.17, 15) is 10.4 Å². The number of aliphatic hydroxyl groups is 1. The molecule has 2 aromatic rings. The minimum Gasteiger partial charge on any atom is -0.373 e. The van der Waals surface area contributed by atoms with Crippen molar-refractivity contribution < 1.29 is 5.11 Å². The average molecular weight is 463 g/mol. The van der Waals surface area contributed by atoms with Crippen LogP contribution in [0.2, 0.25) is 0 Å². The number of amidine groups is 1. The molecule has 1 aliphatic heterocycles. The minimum atomic E-state index is -0.738. The quantitative estimate of drug-likeness (QED) is 0.637. The van der Waals surface area contributed by atoms with Gasteiger partial charge in [-0.1, -0.05) is 66.8 Å². The van der Waals surface area contributed by atoms with E-state index in [1.807, 2.05) is 50.4 Å². The summed E-state index contributed by atoms with van der Waals surface area (Å²) in [6.45, 7) is 2.00. The number of nitrogens with zero attached hydrogens (tertiary/aromatic N) is 4. The highest BCUT2D eigenvalue weighted by Crippen LogP contribution is 2.39. The maximum atomic E-state index is 11.8. The zero-order valence-corrected chi connectivity index (χ0v) is 20.1. The van der Waals surface area contributed by atoms with Gasteiger partial charge in [0.25, 0.3) is 0 Å². The Labute approximate surface area is 207 Å². The summed E-state index contributed by atoms with van der Waals surface area (Å²) in [5.41, 5.74) is 4.85. The second kappa shape index (κ2) is 9.77. The molecule has 4 unspecified atom stereocenters. The number of nitriles is 1. The molecule has 4 atom stereocenters. The maximum Gasteiger partial charge on any atom is 0.137 e. The molecule has 2 aliphatic carbocycles. The molecule has 0 aromatic heterocycles. The van der Waals surface area contributed by atoms with Crippen molar-refractivity contribution in [1.29, 1.82) is 5.26 Å². The first-order chi connectivity index (χ1) is 17.1. The molecule has 1 N–H and O–H groups in total. The summed E-state index contributed by atoms with van der Waals surface area (Å²) in [4.78, 5) is 9.13. The Bertz CT molecular complexity index is 1280. The molecule has 0 amide bonds. The fourth-order valence-electron chi connectivity index (χ4n) is 5.21. The first-order valence-electron chi connectivity index (χ1n) is 12.1. The molecule has 5 rings (SSSR count). The topological polar surface area (TPSA) is 62.9 Å². The first kappa shape index (κ1) is 22.9. The Morgan fingerprint density at radius 3 is 2.69 bits per heavy atom. The number of rotatable bonds is 5. The standard InChI is InChI=1S/C30H30N4O/c1-21-32-28-17-16-26(33(2)25-15-9-10-22(18-25)20-31)19-27(28)30(35)34(21)29(23-11-5-3-6-12-23)24-13-7-4-8-14-24/h3,5-7,9-19,27-30,35H,4,8H2,1-2H3. The second-order valence-corrected chi connectivity index (χ2v) is 9.23. The van der Waals surface area contributed by atoms with Gasteiger partial charge >= 0.3 is 0 Å². The largest absolute Gasteiger partial charge is 0.373 e. The Morgan fingerprint density at radius 2 is 1.94 bits per heavy atom. The van der Waals surface area contributed by atoms with Gasteiger partial charge in [-0.25, -0.2) is 0 Å². The van der Waals surface area contributed by atoms with Crippen molar-refractivity contribution in [2.24, 2.45) is 10.9 Å². The number of benzene rings is 2. The Hall–Kier alpha value is -3.88. The minimum absolute atomic E-state index is 0.111. The summed E-state index contributed by atoms with van der Waals surface area (Å²) in [5.74, 6) is 0.642. The van der Waals surface area contributed by atoms with Crippen LogP contribution in [0.3, 0.4) is 0 Å². The highest BCUT2D eigenvalue weighted by atomic mass is 16.3. The summed E-state index contributed by atoms with van der Waals surface area (Å²) < 4.78 is 0. The molecule has 5 heteroatoms. The van der Waals surface area contributed by atoms with Crippen LogP contribution in [0.5, 0.6) is 0 Å². The highest BCUT2D eigenvalue weighted by Gasteiger charge is 2.41. The van der Waals surface area contributed by atoms with E-state index in [1.165, 1.54) is 5.57 Å². The van der Waals surface area contributed by atoms with Crippen molar-refractivity contribution in [2.75, 3.05) is 11.9 Å². The molecule has 0 bridgehead atoms. The molecule has 2 aromatic carbocycles. The van der Waals surface area contributed by atoms with Crippen molar-refractivity contribution in [1.82, 2.24) is 4.90 Å². The summed E-state index contributed by atoms with van der Waals surface area (Å²) in [7, 11) is 1.99. The van der Waals surface area contributed by atoms with Crippen LogP contribution >= 0.6 is 0 Å². The van der Waals surface area contributed by atoms with Gasteiger partial charge in [0.15, 0.2) is 0 Å². The molecule has 176 valence electrons. The lowest BCUT2D eigenvalue weighted by molar-refractivity contribution is -0.0109. The summed E-state index contributed by atoms with van der Waals surface area (Å²) in [5, 5.41) is 21.1. The number of allylic oxidation sites excluding steroid dienone is 3. The molecule has 1 heterocycles. The third-order valence-electron chi connectivity index (χ3n) is 7.04. The number of aliphatic hydroxyl groups excluding tert-OH is 1. The van der Waals surface area contributed by atoms with Crippen LogP contribution in [0.15, 0.2) is 107 Å². The van der Waals surface area contributed by atoms with Gasteiger partial charge in [0, 0.05) is 18.4 Å². The Balaban J connectivity index is 1.51. The van der Waals surface area contributed by atoms with Gasteiger partial charge in [0.1, 0.15) is 6.23 Å². The zero-order chi connectivity index (χ0) is 24.4. The predicted octanol–water partition coefficient (Wildman–Crippen LogP) is 5.50. The van der Waals surface area contributed by atoms with Gasteiger partial charge in [-0.2, -0.15) is 5.26 Å². The highest BCUT2D eigenvalue weighted by molar-refractivity contribution is 5.82. The van der Waals surface area contributed by atoms with E-state index in [0.29, 0.717) is 5.56 Å². The normalized spacial score (nSPS) is 24.0. The Morgan fingerprint density at radius 1 is 1.11 bits per heavy atom. The molecule has 35 heavy (non-hydrogen) atoms. The molecule has 0 saturated carbocycles. The molecule has 5 nitrogen and oxygen atoms in total. The van der Waals surface area contributed by atoms with Gasteiger partial charge in [-0.3, -0.25) is 4.99 Å². The molecule has 0 saturated heterocycles. The zero-order valence-electron chi connectivity index (χ0n) is 20.1. The van der Waals surface area contributed by atoms with Crippen molar-refractivity contribution in [3.05, 3.63) is 113 Å². The monoisotopic (exact) mass is 462 g/mol. The van der Waals surface area contributed by atoms with E-state index in [-0.39, 0.29) is 18.0 Å². The van der Waals surface area contributed by atoms with Crippen molar-refractivity contribution in [3.63, 3.8) is 0 Å². The third-order valence-corrected chi connectivity index (χ3v) is 7.04. The van der Waals surface area contributed by atoms with Gasteiger partial charge < -0.3 is 14.9 Å². The van der Waals surface area contributed by atoms with Crippen molar-refractivity contribution in [3.8, 4) is 6.07 Å². The summed E-state index contributed by atoms with van der Waals surface area (Å²) in [6.07, 6.45) is 14.2. The van der Waals surface area contributed by atoms with E-state index >= 15 is 0 Å². The lowest BCUT2D eigenvalue weighted by atomic mass is 9.86. The van der Waals surface area contributed by atoms with Gasteiger partial charge in [0.2, 0.25) is 0 Å². The lowest BCUT2D eigenvalue weighted by Gasteiger charge is -2.46. The van der Waals surface area contributed by atoms with Crippen LogP contribution in [0, 0.1) is 17.2 Å². The SMILES string of the molecule is CC1=NC2C=CC(N(C)c3cccc(C#N)c3)=CC2C(O)N1C(C1=CCCC=C1)c1ccccc1. The van der Waals surface area contributed by atoms with Gasteiger partial charge in [-0.05, 0) is 55.2 Å². The Kier molecular flexibility index (Phi) is 6.39. The molecule has 0 fully saturated rings. The van der Waals surface area contributed by atoms with Crippen molar-refractivity contribution in [2.45, 2.75) is 38.1 Å². The van der Waals surface area contributed by atoms with E-state index in [2.05, 4.69) is 64.5 Å². The van der Waals surface area contributed by atoms with E-state index in [1.54, 1.807) is 6.07 Å². The number of aliphatic imine (C=N–C) groups is 1. The maximum absolute atomic E-state index is 11.8. The van der Waals surface area contributed by atoms with Crippen LogP contribution in [0.4, 0.5) is 5.69 Å². The molecular weight excluding hydrogens is 432 g/mol. The fourth-order valence-corrected chi connectivity index (χ4v) is 5.21. The van der Waals surface area contributed by atoms with Gasteiger partial charge in [0.05, 0.1) is 35.5 Å². The number of hydrogen-bond acceptors (Lipinski definition) is 5. The fraction of sp³-hybridized carbons (Fsp3) is 0.267. The van der Waals surface area contributed by atoms with Crippen LogP contribution in [0.25, 0.3) is 0 Å². The first-order valence-corrected chi connectivity index (χ1v) is 12.1. The molecular formula is C30H30N4O. The van der Waals surface area contributed by atoms with Crippen molar-refractivity contribution >= 4 is 11.5 Å². The van der Waals surface area contributed by atoms with E-state index < -0.39 is 6.23 Å². The van der Waals surface area contributed by atoms with Crippen LogP contribution in [0.1, 0.15) is 36.9 Å². The van der Waals surface area contributed by atoms with E-state index in [0.717, 1.165) is 35.6 Å². The molecule has 0 spiro atoms. The van der Waals surface area contributed by atoms with E-state index in [4.69, 9.17) is 4.99 Å². The number of likely N-dealkylation sites (N-methyl/N-ethyl adjacent to an activating group) is 1. The molecule has 0 radical (unpaired) electrons. The number of anilines is 1. The lowest BCUT2D eigenvalue weighted by Crippen LogP contribution is -2.52. The summed E-state index contributed by atoms with van der Waals surface area (Å²) in [6, 6.07) is 19.9. The van der Waals surface area contributed by atoms with Crippen LogP contribution in [-0.4, -0.2) is 35.2 Å². The average Bonchev–Trinajstić information content (AvgIpc) is 2.91. The second-order valence-electron chi connectivity index (χ2n) is 9.23. The van der Waals surface area contributed by atoms with Crippen LogP contribution in [-0.2, 0) is 0 Å². The molecule has 3 aliphatic rings. The van der Waals surface area contributed by atoms with Gasteiger partial charge in [-0.15, -0.1) is 0 Å². The number of hydrogen-bond donors (Lipinski definition) is 1. The predicted molar refractivity (Wildman–Crippen MR) is 141 cm³/mol. The summed E-state index contributed by atoms with van der Waals surface area (Å²) >= 11 is 0. The smallest absolute Gasteiger partial charge is 0.137 e. The number of fused-ring (bicyclic) bond motifs is 1.